The number of anilines is 1. The minimum absolute atomic E-state index is 0.0966. The fourth-order valence-electron chi connectivity index (χ4n) is 2.58. The zero-order chi connectivity index (χ0) is 17.2. The number of hydrogen-bond donors (Lipinski definition) is 1. The van der Waals surface area contributed by atoms with Crippen LogP contribution in [0.1, 0.15) is 11.4 Å². The van der Waals surface area contributed by atoms with Crippen molar-refractivity contribution in [3.63, 3.8) is 0 Å². The SMILES string of the molecule is Cc1cccc(NC(=O)Cc2cc(-c3cc4ccccc4o3)on2)n1. The molecule has 0 radical (unpaired) electrons. The van der Waals surface area contributed by atoms with E-state index in [-0.39, 0.29) is 12.3 Å². The molecule has 6 nitrogen and oxygen atoms in total. The zero-order valence-electron chi connectivity index (χ0n) is 13.5. The summed E-state index contributed by atoms with van der Waals surface area (Å²) in [7, 11) is 0. The molecule has 1 N–H and O–H groups in total. The van der Waals surface area contributed by atoms with Gasteiger partial charge in [-0.05, 0) is 31.2 Å². The number of carbonyl (C=O) groups excluding carboxylic acids is 1. The van der Waals surface area contributed by atoms with E-state index in [1.54, 1.807) is 12.1 Å². The Morgan fingerprint density at radius 3 is 2.80 bits per heavy atom. The summed E-state index contributed by atoms with van der Waals surface area (Å²) >= 11 is 0. The molecule has 25 heavy (non-hydrogen) atoms. The minimum Gasteiger partial charge on any atom is -0.453 e. The number of rotatable bonds is 4. The molecule has 0 fully saturated rings. The fraction of sp³-hybridized carbons (Fsp3) is 0.105. The molecule has 3 heterocycles. The number of aryl methyl sites for hydroxylation is 1. The van der Waals surface area contributed by atoms with Crippen molar-refractivity contribution >= 4 is 22.7 Å². The molecule has 3 aromatic heterocycles. The number of pyridine rings is 1. The normalized spacial score (nSPS) is 10.9. The summed E-state index contributed by atoms with van der Waals surface area (Å²) in [5.74, 6) is 1.39. The smallest absolute Gasteiger partial charge is 0.231 e. The van der Waals surface area contributed by atoms with Crippen molar-refractivity contribution in [1.29, 1.82) is 0 Å². The average Bonchev–Trinajstić information content (AvgIpc) is 3.20. The molecule has 4 rings (SSSR count). The molecule has 0 saturated heterocycles. The van der Waals surface area contributed by atoms with Gasteiger partial charge in [0.15, 0.2) is 5.76 Å². The van der Waals surface area contributed by atoms with Gasteiger partial charge in [0.2, 0.25) is 11.7 Å². The Bertz CT molecular complexity index is 1020. The molecule has 0 aliphatic rings. The Morgan fingerprint density at radius 2 is 1.96 bits per heavy atom. The molecule has 1 amide bonds. The Balaban J connectivity index is 1.48. The van der Waals surface area contributed by atoms with Crippen LogP contribution in [0.4, 0.5) is 5.82 Å². The van der Waals surface area contributed by atoms with E-state index in [2.05, 4.69) is 15.5 Å². The van der Waals surface area contributed by atoms with Crippen LogP contribution in [0, 0.1) is 6.92 Å². The van der Waals surface area contributed by atoms with E-state index in [1.807, 2.05) is 49.4 Å². The quantitative estimate of drug-likeness (QED) is 0.611. The van der Waals surface area contributed by atoms with E-state index in [9.17, 15) is 4.79 Å². The monoisotopic (exact) mass is 333 g/mol. The number of nitrogens with one attached hydrogen (secondary N) is 1. The lowest BCUT2D eigenvalue weighted by Crippen LogP contribution is -2.15. The van der Waals surface area contributed by atoms with Crippen molar-refractivity contribution in [1.82, 2.24) is 10.1 Å². The highest BCUT2D eigenvalue weighted by Crippen LogP contribution is 2.28. The number of amides is 1. The Labute approximate surface area is 143 Å². The summed E-state index contributed by atoms with van der Waals surface area (Å²) in [5.41, 5.74) is 2.14. The van der Waals surface area contributed by atoms with Gasteiger partial charge in [-0.3, -0.25) is 4.79 Å². The molecule has 6 heteroatoms. The minimum atomic E-state index is -0.206. The maximum Gasteiger partial charge on any atom is 0.231 e. The van der Waals surface area contributed by atoms with Crippen LogP contribution >= 0.6 is 0 Å². The number of hydrogen-bond acceptors (Lipinski definition) is 5. The second-order valence-corrected chi connectivity index (χ2v) is 5.72. The van der Waals surface area contributed by atoms with E-state index in [1.165, 1.54) is 0 Å². The van der Waals surface area contributed by atoms with Gasteiger partial charge in [-0.15, -0.1) is 0 Å². The summed E-state index contributed by atoms with van der Waals surface area (Å²) in [6.45, 7) is 1.87. The lowest BCUT2D eigenvalue weighted by atomic mass is 10.2. The van der Waals surface area contributed by atoms with Crippen molar-refractivity contribution < 1.29 is 13.7 Å². The molecule has 4 aromatic rings. The number of fused-ring (bicyclic) bond motifs is 1. The molecule has 0 bridgehead atoms. The lowest BCUT2D eigenvalue weighted by molar-refractivity contribution is -0.115. The van der Waals surface area contributed by atoms with Crippen LogP contribution in [0.25, 0.3) is 22.5 Å². The van der Waals surface area contributed by atoms with Crippen LogP contribution in [0.5, 0.6) is 0 Å². The standard InChI is InChI=1S/C19H15N3O3/c1-12-5-4-8-18(20-12)21-19(23)11-14-10-17(25-22-14)16-9-13-6-2-3-7-15(13)24-16/h2-10H,11H2,1H3,(H,20,21,23). The third-order valence-electron chi connectivity index (χ3n) is 3.72. The van der Waals surface area contributed by atoms with Crippen LogP contribution in [0.15, 0.2) is 63.5 Å². The summed E-state index contributed by atoms with van der Waals surface area (Å²) in [6.07, 6.45) is 0.0966. The second-order valence-electron chi connectivity index (χ2n) is 5.72. The number of para-hydroxylation sites is 1. The van der Waals surface area contributed by atoms with Crippen molar-refractivity contribution in [3.05, 3.63) is 66.0 Å². The molecular weight excluding hydrogens is 318 g/mol. The van der Waals surface area contributed by atoms with Crippen LogP contribution in [-0.4, -0.2) is 16.0 Å². The first kappa shape index (κ1) is 15.1. The third-order valence-corrected chi connectivity index (χ3v) is 3.72. The molecule has 0 unspecified atom stereocenters. The van der Waals surface area contributed by atoms with Crippen molar-refractivity contribution in [2.75, 3.05) is 5.32 Å². The van der Waals surface area contributed by atoms with Gasteiger partial charge in [0.25, 0.3) is 0 Å². The van der Waals surface area contributed by atoms with Crippen molar-refractivity contribution in [2.45, 2.75) is 13.3 Å². The van der Waals surface area contributed by atoms with Gasteiger partial charge in [0.1, 0.15) is 11.4 Å². The highest BCUT2D eigenvalue weighted by molar-refractivity contribution is 5.91. The van der Waals surface area contributed by atoms with Gasteiger partial charge in [0.05, 0.1) is 12.1 Å². The van der Waals surface area contributed by atoms with Gasteiger partial charge in [0, 0.05) is 17.1 Å². The summed E-state index contributed by atoms with van der Waals surface area (Å²) in [6, 6.07) is 16.7. The molecule has 124 valence electrons. The Hall–Kier alpha value is -3.41. The van der Waals surface area contributed by atoms with E-state index in [0.717, 1.165) is 16.7 Å². The van der Waals surface area contributed by atoms with Crippen LogP contribution in [0.3, 0.4) is 0 Å². The van der Waals surface area contributed by atoms with Crippen LogP contribution in [0.2, 0.25) is 0 Å². The fourth-order valence-corrected chi connectivity index (χ4v) is 2.58. The highest BCUT2D eigenvalue weighted by atomic mass is 16.5. The summed E-state index contributed by atoms with van der Waals surface area (Å²) < 4.78 is 11.0. The molecule has 0 aliphatic carbocycles. The largest absolute Gasteiger partial charge is 0.453 e. The van der Waals surface area contributed by atoms with E-state index >= 15 is 0 Å². The van der Waals surface area contributed by atoms with E-state index in [4.69, 9.17) is 8.94 Å². The number of benzene rings is 1. The zero-order valence-corrected chi connectivity index (χ0v) is 13.5. The number of carbonyl (C=O) groups is 1. The molecule has 0 aliphatic heterocycles. The van der Waals surface area contributed by atoms with Gasteiger partial charge < -0.3 is 14.3 Å². The van der Waals surface area contributed by atoms with Gasteiger partial charge in [-0.1, -0.05) is 29.4 Å². The topological polar surface area (TPSA) is 81.2 Å². The molecule has 0 saturated carbocycles. The lowest BCUT2D eigenvalue weighted by Gasteiger charge is -2.03. The van der Waals surface area contributed by atoms with Crippen molar-refractivity contribution in [2.24, 2.45) is 0 Å². The van der Waals surface area contributed by atoms with E-state index < -0.39 is 0 Å². The summed E-state index contributed by atoms with van der Waals surface area (Å²) in [4.78, 5) is 16.4. The third kappa shape index (κ3) is 3.28. The van der Waals surface area contributed by atoms with Gasteiger partial charge in [-0.25, -0.2) is 4.98 Å². The van der Waals surface area contributed by atoms with Gasteiger partial charge >= 0.3 is 0 Å². The van der Waals surface area contributed by atoms with Crippen LogP contribution < -0.4 is 5.32 Å². The summed E-state index contributed by atoms with van der Waals surface area (Å²) in [5, 5.41) is 7.68. The Kier molecular flexibility index (Phi) is 3.78. The predicted octanol–water partition coefficient (Wildman–Crippen LogP) is 3.97. The maximum absolute atomic E-state index is 12.1. The highest BCUT2D eigenvalue weighted by Gasteiger charge is 2.14. The Morgan fingerprint density at radius 1 is 1.08 bits per heavy atom. The predicted molar refractivity (Wildman–Crippen MR) is 93.0 cm³/mol. The molecular formula is C19H15N3O3. The average molecular weight is 333 g/mol. The van der Waals surface area contributed by atoms with Crippen molar-refractivity contribution in [3.8, 4) is 11.5 Å². The molecule has 0 atom stereocenters. The first-order valence-electron chi connectivity index (χ1n) is 7.85. The van der Waals surface area contributed by atoms with Crippen LogP contribution in [-0.2, 0) is 11.2 Å². The number of nitrogens with zero attached hydrogens (tertiary/aromatic N) is 2. The van der Waals surface area contributed by atoms with E-state index in [0.29, 0.717) is 23.0 Å². The molecule has 1 aromatic carbocycles. The molecule has 0 spiro atoms. The second kappa shape index (κ2) is 6.24. The maximum atomic E-state index is 12.1. The number of aromatic nitrogens is 2. The first-order chi connectivity index (χ1) is 12.2. The van der Waals surface area contributed by atoms with Gasteiger partial charge in [-0.2, -0.15) is 0 Å². The number of furan rings is 1. The first-order valence-corrected chi connectivity index (χ1v) is 7.85.